The number of nitro groups is 1. The second kappa shape index (κ2) is 11.2. The summed E-state index contributed by atoms with van der Waals surface area (Å²) in [5.41, 5.74) is 2.55. The van der Waals surface area contributed by atoms with E-state index < -0.39 is 22.8 Å². The Kier molecular flexibility index (Phi) is 7.26. The normalized spacial score (nSPS) is 20.0. The van der Waals surface area contributed by atoms with Crippen molar-refractivity contribution >= 4 is 29.2 Å². The molecular formula is C31H28N2O10. The molecule has 0 radical (unpaired) electrons. The van der Waals surface area contributed by atoms with Gasteiger partial charge < -0.3 is 33.7 Å². The first kappa shape index (κ1) is 27.9. The lowest BCUT2D eigenvalue weighted by Crippen LogP contribution is -2.41. The second-order valence-corrected chi connectivity index (χ2v) is 10.3. The molecular weight excluding hydrogens is 560 g/mol. The van der Waals surface area contributed by atoms with Crippen LogP contribution in [0, 0.1) is 22.0 Å². The highest BCUT2D eigenvalue weighted by atomic mass is 16.7. The van der Waals surface area contributed by atoms with Gasteiger partial charge in [-0.1, -0.05) is 12.1 Å². The molecule has 2 heterocycles. The number of cyclic esters (lactones) is 1. The van der Waals surface area contributed by atoms with Crippen molar-refractivity contribution in [2.75, 3.05) is 34.7 Å². The lowest BCUT2D eigenvalue weighted by Gasteiger charge is -2.34. The fraction of sp³-hybridized carbons (Fsp3) is 0.290. The molecule has 222 valence electrons. The molecule has 1 aliphatic carbocycles. The number of nitro benzene ring substituents is 1. The zero-order chi connectivity index (χ0) is 30.2. The van der Waals surface area contributed by atoms with E-state index in [9.17, 15) is 19.7 Å². The third kappa shape index (κ3) is 5.05. The number of nitrogens with one attached hydrogen (secondary N) is 1. The van der Waals surface area contributed by atoms with E-state index >= 15 is 0 Å². The van der Waals surface area contributed by atoms with Crippen molar-refractivity contribution in [3.05, 3.63) is 80.9 Å². The fourth-order valence-electron chi connectivity index (χ4n) is 5.89. The maximum absolute atomic E-state index is 14.3. The largest absolute Gasteiger partial charge is 0.493 e. The van der Waals surface area contributed by atoms with Crippen molar-refractivity contribution in [2.45, 2.75) is 12.5 Å². The van der Waals surface area contributed by atoms with Crippen LogP contribution < -0.4 is 29.0 Å². The molecule has 12 nitrogen and oxygen atoms in total. The first-order chi connectivity index (χ1) is 20.8. The van der Waals surface area contributed by atoms with Crippen molar-refractivity contribution in [3.8, 4) is 28.7 Å². The van der Waals surface area contributed by atoms with Gasteiger partial charge in [0.2, 0.25) is 12.5 Å². The summed E-state index contributed by atoms with van der Waals surface area (Å²) in [6.07, 6.45) is 2.01. The molecule has 1 fully saturated rings. The van der Waals surface area contributed by atoms with Crippen LogP contribution in [0.2, 0.25) is 0 Å². The SMILES string of the molecule is COc1cc(/C(=C\c2cccc([N+](=O)[O-])c2)C(=O)NC2c3cc4c(cc3C[C@H]3C(=O)OCC23)OCO4)cc(OC)c1OC. The molecule has 1 N–H and O–H groups in total. The summed E-state index contributed by atoms with van der Waals surface area (Å²) in [6.45, 7) is 0.234. The van der Waals surface area contributed by atoms with E-state index in [4.69, 9.17) is 28.4 Å². The summed E-state index contributed by atoms with van der Waals surface area (Å²) in [5, 5.41) is 14.6. The number of carbonyl (C=O) groups is 2. The minimum Gasteiger partial charge on any atom is -0.493 e. The zero-order valence-electron chi connectivity index (χ0n) is 23.6. The number of amides is 1. The molecule has 0 saturated carbocycles. The Labute approximate surface area is 246 Å². The number of hydrogen-bond donors (Lipinski definition) is 1. The molecule has 3 aromatic carbocycles. The smallest absolute Gasteiger partial charge is 0.309 e. The van der Waals surface area contributed by atoms with Gasteiger partial charge in [-0.2, -0.15) is 0 Å². The molecule has 2 aliphatic heterocycles. The van der Waals surface area contributed by atoms with E-state index in [1.807, 2.05) is 12.1 Å². The molecule has 43 heavy (non-hydrogen) atoms. The molecule has 0 aromatic heterocycles. The van der Waals surface area contributed by atoms with Crippen molar-refractivity contribution in [3.63, 3.8) is 0 Å². The molecule has 6 rings (SSSR count). The number of benzene rings is 3. The molecule has 0 spiro atoms. The Hall–Kier alpha value is -5.26. The summed E-state index contributed by atoms with van der Waals surface area (Å²) >= 11 is 0. The Bertz CT molecular complexity index is 1640. The summed E-state index contributed by atoms with van der Waals surface area (Å²) in [4.78, 5) is 37.9. The maximum Gasteiger partial charge on any atom is 0.309 e. The van der Waals surface area contributed by atoms with E-state index in [0.29, 0.717) is 46.3 Å². The molecule has 3 aliphatic rings. The molecule has 1 amide bonds. The number of rotatable bonds is 8. The van der Waals surface area contributed by atoms with E-state index in [0.717, 1.165) is 11.1 Å². The first-order valence-corrected chi connectivity index (χ1v) is 13.5. The minimum absolute atomic E-state index is 0.0847. The first-order valence-electron chi connectivity index (χ1n) is 13.5. The summed E-state index contributed by atoms with van der Waals surface area (Å²) in [7, 11) is 4.40. The molecule has 12 heteroatoms. The van der Waals surface area contributed by atoms with Crippen molar-refractivity contribution in [1.82, 2.24) is 5.32 Å². The number of ether oxygens (including phenoxy) is 6. The Morgan fingerprint density at radius 3 is 2.40 bits per heavy atom. The summed E-state index contributed by atoms with van der Waals surface area (Å²) in [6, 6.07) is 12.3. The van der Waals surface area contributed by atoms with Gasteiger partial charge in [0, 0.05) is 23.6 Å². The Morgan fingerprint density at radius 2 is 1.72 bits per heavy atom. The Balaban J connectivity index is 1.46. The van der Waals surface area contributed by atoms with E-state index in [-0.39, 0.29) is 36.5 Å². The van der Waals surface area contributed by atoms with Gasteiger partial charge in [0.25, 0.3) is 11.6 Å². The number of esters is 1. The van der Waals surface area contributed by atoms with E-state index in [1.54, 1.807) is 30.3 Å². The van der Waals surface area contributed by atoms with Crippen molar-refractivity contribution in [2.24, 2.45) is 11.8 Å². The molecule has 0 bridgehead atoms. The van der Waals surface area contributed by atoms with Crippen LogP contribution in [0.5, 0.6) is 28.7 Å². The van der Waals surface area contributed by atoms with Crippen LogP contribution in [0.15, 0.2) is 48.5 Å². The van der Waals surface area contributed by atoms with Crippen LogP contribution in [0.3, 0.4) is 0 Å². The molecule has 3 aromatic rings. The molecule has 2 unspecified atom stereocenters. The lowest BCUT2D eigenvalue weighted by molar-refractivity contribution is -0.384. The van der Waals surface area contributed by atoms with Crippen LogP contribution in [0.1, 0.15) is 28.3 Å². The number of hydrogen-bond acceptors (Lipinski definition) is 10. The number of carbonyl (C=O) groups excluding carboxylic acids is 2. The van der Waals surface area contributed by atoms with Crippen LogP contribution in [0.4, 0.5) is 5.69 Å². The summed E-state index contributed by atoms with van der Waals surface area (Å²) < 4.78 is 33.1. The van der Waals surface area contributed by atoms with Gasteiger partial charge in [-0.15, -0.1) is 0 Å². The predicted octanol–water partition coefficient (Wildman–Crippen LogP) is 4.09. The van der Waals surface area contributed by atoms with Crippen molar-refractivity contribution in [1.29, 1.82) is 0 Å². The highest BCUT2D eigenvalue weighted by Crippen LogP contribution is 2.47. The quantitative estimate of drug-likeness (QED) is 0.134. The third-order valence-corrected chi connectivity index (χ3v) is 7.97. The number of methoxy groups -OCH3 is 3. The maximum atomic E-state index is 14.3. The van der Waals surface area contributed by atoms with Gasteiger partial charge in [0.1, 0.15) is 0 Å². The molecule has 1 saturated heterocycles. The monoisotopic (exact) mass is 588 g/mol. The highest BCUT2D eigenvalue weighted by Gasteiger charge is 2.47. The number of non-ortho nitro benzene ring substituents is 1. The predicted molar refractivity (Wildman–Crippen MR) is 152 cm³/mol. The van der Waals surface area contributed by atoms with Crippen molar-refractivity contribution < 1.29 is 42.9 Å². The fourth-order valence-corrected chi connectivity index (χ4v) is 5.89. The van der Waals surface area contributed by atoms with Crippen LogP contribution >= 0.6 is 0 Å². The highest BCUT2D eigenvalue weighted by molar-refractivity contribution is 6.24. The molecule has 3 atom stereocenters. The standard InChI is InChI=1S/C31H28N2O10/c1-38-26-11-18(12-27(39-2)29(26)40-3)21(8-16-5-4-6-19(7-16)33(36)37)30(34)32-28-20-13-25-24(42-15-43-25)10-17(20)9-22-23(28)14-41-31(22)35/h4-8,10-13,22-23,28H,9,14-15H2,1-3H3,(H,32,34)/b21-8+/t22-,23?,28?/m1/s1. The van der Waals surface area contributed by atoms with Gasteiger partial charge in [-0.05, 0) is 59.0 Å². The Morgan fingerprint density at radius 1 is 1.00 bits per heavy atom. The van der Waals surface area contributed by atoms with Gasteiger partial charge in [-0.25, -0.2) is 0 Å². The van der Waals surface area contributed by atoms with Crippen LogP contribution in [-0.4, -0.2) is 51.5 Å². The van der Waals surface area contributed by atoms with Gasteiger partial charge in [0.05, 0.1) is 44.8 Å². The van der Waals surface area contributed by atoms with Gasteiger partial charge >= 0.3 is 5.97 Å². The topological polar surface area (TPSA) is 145 Å². The average Bonchev–Trinajstić information content (AvgIpc) is 3.63. The minimum atomic E-state index is -0.599. The van der Waals surface area contributed by atoms with Crippen LogP contribution in [0.25, 0.3) is 11.6 Å². The van der Waals surface area contributed by atoms with E-state index in [2.05, 4.69) is 5.32 Å². The third-order valence-electron chi connectivity index (χ3n) is 7.97. The second-order valence-electron chi connectivity index (χ2n) is 10.3. The lowest BCUT2D eigenvalue weighted by atomic mass is 9.73. The zero-order valence-corrected chi connectivity index (χ0v) is 23.6. The number of nitrogens with zero attached hydrogens (tertiary/aromatic N) is 1. The van der Waals surface area contributed by atoms with Crippen LogP contribution in [-0.2, 0) is 20.7 Å². The number of fused-ring (bicyclic) bond motifs is 3. The van der Waals surface area contributed by atoms with Gasteiger partial charge in [0.15, 0.2) is 23.0 Å². The average molecular weight is 589 g/mol. The van der Waals surface area contributed by atoms with Gasteiger partial charge in [-0.3, -0.25) is 19.7 Å². The van der Waals surface area contributed by atoms with E-state index in [1.165, 1.54) is 33.5 Å². The summed E-state index contributed by atoms with van der Waals surface area (Å²) in [5.74, 6) is 0.549.